The molecule has 70 heavy (non-hydrogen) atoms. The van der Waals surface area contributed by atoms with E-state index in [0.717, 1.165) is 49.7 Å². The van der Waals surface area contributed by atoms with E-state index >= 15 is 0 Å². The number of halogens is 4. The molecule has 0 bridgehead atoms. The highest BCUT2D eigenvalue weighted by atomic mass is 19.1. The molecular weight excluding hydrogens is 897 g/mol. The Morgan fingerprint density at radius 1 is 0.471 bits per heavy atom. The van der Waals surface area contributed by atoms with Crippen LogP contribution in [-0.4, -0.2) is 85.0 Å². The molecule has 8 heterocycles. The number of hydrogen-bond donors (Lipinski definition) is 2. The predicted octanol–water partition coefficient (Wildman–Crippen LogP) is 11.9. The summed E-state index contributed by atoms with van der Waals surface area (Å²) in [5, 5.41) is 6.08. The SMILES string of the molecule is Cc1nc2c(F)cc(-c3nc(Nc4ccc(C(C)N5CCCC5)cn4)ncc3F)cc2n1C(C)C.Cc1nc2c(F)cc(-c3nc(Nc4ccc([C@H](C)N5CCCC5)cn4)ncc3F)cc2n1C(C)C. The van der Waals surface area contributed by atoms with Crippen molar-refractivity contribution in [2.24, 2.45) is 0 Å². The van der Waals surface area contributed by atoms with E-state index in [1.807, 2.05) is 87.3 Å². The van der Waals surface area contributed by atoms with Gasteiger partial charge in [0.2, 0.25) is 11.9 Å². The van der Waals surface area contributed by atoms with Crippen LogP contribution in [0.5, 0.6) is 0 Å². The number of rotatable bonds is 12. The summed E-state index contributed by atoms with van der Waals surface area (Å²) in [6.07, 6.45) is 10.8. The summed E-state index contributed by atoms with van der Waals surface area (Å²) in [5.74, 6) is 0.564. The van der Waals surface area contributed by atoms with E-state index < -0.39 is 23.3 Å². The van der Waals surface area contributed by atoms with Crippen LogP contribution in [0, 0.1) is 37.1 Å². The highest BCUT2D eigenvalue weighted by molar-refractivity contribution is 5.84. The number of hydrogen-bond acceptors (Lipinski definition) is 12. The Labute approximate surface area is 404 Å². The topological polar surface area (TPSA) is 144 Å². The summed E-state index contributed by atoms with van der Waals surface area (Å²) >= 11 is 0. The number of likely N-dealkylation sites (tertiary alicyclic amines) is 2. The quantitative estimate of drug-likeness (QED) is 0.113. The fourth-order valence-corrected chi connectivity index (χ4v) is 9.74. The van der Waals surface area contributed by atoms with Crippen molar-refractivity contribution in [1.82, 2.24) is 58.8 Å². The third-order valence-electron chi connectivity index (χ3n) is 13.3. The molecule has 0 spiro atoms. The molecule has 2 N–H and O–H groups in total. The number of anilines is 4. The molecule has 364 valence electrons. The number of fused-ring (bicyclic) bond motifs is 2. The Kier molecular flexibility index (Phi) is 13.9. The Morgan fingerprint density at radius 3 is 1.20 bits per heavy atom. The lowest BCUT2D eigenvalue weighted by molar-refractivity contribution is 0.263. The molecule has 2 aromatic carbocycles. The van der Waals surface area contributed by atoms with Crippen molar-refractivity contribution in [3.8, 4) is 22.5 Å². The molecule has 0 radical (unpaired) electrons. The van der Waals surface area contributed by atoms with Gasteiger partial charge in [-0.1, -0.05) is 12.1 Å². The van der Waals surface area contributed by atoms with Gasteiger partial charge in [0, 0.05) is 47.7 Å². The first-order chi connectivity index (χ1) is 33.6. The van der Waals surface area contributed by atoms with E-state index in [2.05, 4.69) is 74.2 Å². The van der Waals surface area contributed by atoms with Crippen LogP contribution in [0.4, 0.5) is 41.1 Å². The third-order valence-corrected chi connectivity index (χ3v) is 13.3. The summed E-state index contributed by atoms with van der Waals surface area (Å²) < 4.78 is 63.2. The second kappa shape index (κ2) is 20.2. The van der Waals surface area contributed by atoms with Gasteiger partial charge in [-0.2, -0.15) is 0 Å². The maximum atomic E-state index is 14.9. The fraction of sp³-hybridized carbons (Fsp3) is 0.385. The first kappa shape index (κ1) is 48.1. The van der Waals surface area contributed by atoms with Gasteiger partial charge in [0.1, 0.15) is 45.7 Å². The lowest BCUT2D eigenvalue weighted by Gasteiger charge is -2.23. The van der Waals surface area contributed by atoms with Crippen LogP contribution in [0.25, 0.3) is 44.6 Å². The number of nitrogens with one attached hydrogen (secondary N) is 2. The van der Waals surface area contributed by atoms with Gasteiger partial charge < -0.3 is 19.8 Å². The zero-order chi connectivity index (χ0) is 49.4. The van der Waals surface area contributed by atoms with Crippen molar-refractivity contribution in [2.75, 3.05) is 36.8 Å². The Balaban J connectivity index is 0.000000174. The van der Waals surface area contributed by atoms with Crippen molar-refractivity contribution in [3.05, 3.63) is 119 Å². The Hall–Kier alpha value is -6.92. The van der Waals surface area contributed by atoms with Gasteiger partial charge in [-0.15, -0.1) is 0 Å². The summed E-state index contributed by atoms with van der Waals surface area (Å²) in [7, 11) is 0. The predicted molar refractivity (Wildman–Crippen MR) is 265 cm³/mol. The molecule has 14 nitrogen and oxygen atoms in total. The van der Waals surface area contributed by atoms with Crippen LogP contribution >= 0.6 is 0 Å². The van der Waals surface area contributed by atoms with E-state index in [1.54, 1.807) is 12.1 Å². The van der Waals surface area contributed by atoms with Gasteiger partial charge >= 0.3 is 0 Å². The molecule has 0 saturated carbocycles. The molecule has 2 saturated heterocycles. The van der Waals surface area contributed by atoms with Gasteiger partial charge in [-0.05, 0) is 155 Å². The smallest absolute Gasteiger partial charge is 0.229 e. The van der Waals surface area contributed by atoms with Crippen molar-refractivity contribution >= 4 is 45.6 Å². The van der Waals surface area contributed by atoms with Crippen molar-refractivity contribution < 1.29 is 17.6 Å². The van der Waals surface area contributed by atoms with E-state index in [-0.39, 0.29) is 46.4 Å². The lowest BCUT2D eigenvalue weighted by Crippen LogP contribution is -2.23. The number of aromatic nitrogens is 10. The van der Waals surface area contributed by atoms with Gasteiger partial charge in [-0.25, -0.2) is 57.4 Å². The summed E-state index contributed by atoms with van der Waals surface area (Å²) in [4.78, 5) is 39.4. The minimum Gasteiger partial charge on any atom is -0.326 e. The Bertz CT molecular complexity index is 2930. The summed E-state index contributed by atoms with van der Waals surface area (Å²) in [6.45, 7) is 20.5. The maximum Gasteiger partial charge on any atom is 0.229 e. The molecule has 2 aliphatic rings. The van der Waals surface area contributed by atoms with Crippen molar-refractivity contribution in [3.63, 3.8) is 0 Å². The van der Waals surface area contributed by atoms with Crippen LogP contribution in [0.2, 0.25) is 0 Å². The fourth-order valence-electron chi connectivity index (χ4n) is 9.74. The van der Waals surface area contributed by atoms with Gasteiger partial charge in [0.05, 0.1) is 23.4 Å². The minimum absolute atomic E-state index is 0.0109. The van der Waals surface area contributed by atoms with Gasteiger partial charge in [0.15, 0.2) is 23.3 Å². The molecule has 18 heteroatoms. The molecule has 2 atom stereocenters. The molecule has 1 unspecified atom stereocenters. The standard InChI is InChI=1S/2C26H29F2N7/c2*1-15(2)35-17(4)31-25-20(27)11-19(12-22(25)35)24-21(28)14-30-26(33-24)32-23-8-7-18(13-29-23)16(3)34-9-5-6-10-34/h2*7-8,11-16H,5-6,9-10H2,1-4H3,(H,29,30,32,33)/t16-;/m0./s1. The highest BCUT2D eigenvalue weighted by Gasteiger charge is 2.23. The van der Waals surface area contributed by atoms with E-state index in [9.17, 15) is 17.6 Å². The van der Waals surface area contributed by atoms with Crippen LogP contribution in [0.1, 0.15) is 114 Å². The van der Waals surface area contributed by atoms with Crippen LogP contribution in [-0.2, 0) is 0 Å². The average molecular weight is 955 g/mol. The molecule has 8 aromatic rings. The molecule has 10 rings (SSSR count). The molecule has 6 aromatic heterocycles. The molecule has 2 fully saturated rings. The normalized spacial score (nSPS) is 15.3. The first-order valence-electron chi connectivity index (χ1n) is 24.0. The average Bonchev–Trinajstić information content (AvgIpc) is 4.18. The number of imidazole rings is 2. The van der Waals surface area contributed by atoms with E-state index in [0.29, 0.717) is 57.5 Å². The van der Waals surface area contributed by atoms with E-state index in [1.165, 1.54) is 37.8 Å². The second-order valence-electron chi connectivity index (χ2n) is 18.7. The highest BCUT2D eigenvalue weighted by Crippen LogP contribution is 2.33. The molecular formula is C52H58F4N14. The third kappa shape index (κ3) is 9.92. The van der Waals surface area contributed by atoms with Crippen LogP contribution in [0.3, 0.4) is 0 Å². The first-order valence-corrected chi connectivity index (χ1v) is 24.0. The second-order valence-corrected chi connectivity index (χ2v) is 18.7. The summed E-state index contributed by atoms with van der Waals surface area (Å²) in [6, 6.07) is 14.5. The minimum atomic E-state index is -0.635. The van der Waals surface area contributed by atoms with Crippen LogP contribution < -0.4 is 10.6 Å². The zero-order valence-electron chi connectivity index (χ0n) is 40.8. The van der Waals surface area contributed by atoms with Gasteiger partial charge in [0.25, 0.3) is 0 Å². The van der Waals surface area contributed by atoms with Crippen molar-refractivity contribution in [2.45, 2.75) is 105 Å². The van der Waals surface area contributed by atoms with Crippen molar-refractivity contribution in [1.29, 1.82) is 0 Å². The Morgan fingerprint density at radius 2 is 0.857 bits per heavy atom. The molecule has 0 amide bonds. The molecule has 2 aliphatic heterocycles. The van der Waals surface area contributed by atoms with Crippen LogP contribution in [0.15, 0.2) is 73.3 Å². The molecule has 0 aliphatic carbocycles. The largest absolute Gasteiger partial charge is 0.326 e. The maximum absolute atomic E-state index is 14.9. The number of nitrogens with zero attached hydrogens (tertiary/aromatic N) is 12. The lowest BCUT2D eigenvalue weighted by atomic mass is 10.1. The summed E-state index contributed by atoms with van der Waals surface area (Å²) in [5.41, 5.74) is 4.67. The zero-order valence-corrected chi connectivity index (χ0v) is 40.8. The number of benzene rings is 2. The monoisotopic (exact) mass is 954 g/mol. The number of aryl methyl sites for hydroxylation is 2. The number of pyridine rings is 2. The van der Waals surface area contributed by atoms with E-state index in [4.69, 9.17) is 0 Å². The van der Waals surface area contributed by atoms with Gasteiger partial charge in [-0.3, -0.25) is 9.80 Å².